The van der Waals surface area contributed by atoms with E-state index in [-0.39, 0.29) is 22.5 Å². The zero-order valence-electron chi connectivity index (χ0n) is 14.6. The molecule has 0 aromatic carbocycles. The number of carbonyl (C=O) groups is 1. The van der Waals surface area contributed by atoms with Crippen LogP contribution in [-0.2, 0) is 15.5 Å². The summed E-state index contributed by atoms with van der Waals surface area (Å²) in [5.74, 6) is 0.240. The second kappa shape index (κ2) is 7.90. The van der Waals surface area contributed by atoms with Gasteiger partial charge in [0.25, 0.3) is 5.69 Å². The smallest absolute Gasteiger partial charge is 0.410 e. The molecule has 0 spiro atoms. The number of nitro groups is 1. The van der Waals surface area contributed by atoms with Gasteiger partial charge in [-0.3, -0.25) is 14.3 Å². The number of aromatic nitrogens is 1. The van der Waals surface area contributed by atoms with E-state index >= 15 is 0 Å². The van der Waals surface area contributed by atoms with Crippen LogP contribution in [0.2, 0.25) is 0 Å². The van der Waals surface area contributed by atoms with Crippen LogP contribution in [0, 0.1) is 10.1 Å². The first-order valence-corrected chi connectivity index (χ1v) is 9.48. The van der Waals surface area contributed by atoms with Gasteiger partial charge in [0.1, 0.15) is 16.8 Å². The molecule has 0 radical (unpaired) electrons. The third kappa shape index (κ3) is 5.48. The predicted molar refractivity (Wildman–Crippen MR) is 92.7 cm³/mol. The zero-order valence-corrected chi connectivity index (χ0v) is 15.5. The maximum Gasteiger partial charge on any atom is 0.410 e. The molecule has 2 rings (SSSR count). The molecule has 1 saturated heterocycles. The molecule has 0 saturated carbocycles. The number of rotatable bonds is 4. The van der Waals surface area contributed by atoms with Gasteiger partial charge >= 0.3 is 6.09 Å². The van der Waals surface area contributed by atoms with Crippen molar-refractivity contribution in [3.05, 3.63) is 28.4 Å². The first kappa shape index (κ1) is 19.3. The predicted octanol–water partition coefficient (Wildman–Crippen LogP) is 2.89. The second-order valence-corrected chi connectivity index (χ2v) is 8.39. The van der Waals surface area contributed by atoms with Gasteiger partial charge in [-0.05, 0) is 46.1 Å². The lowest BCUT2D eigenvalue weighted by molar-refractivity contribution is -0.385. The van der Waals surface area contributed by atoms with E-state index in [1.165, 1.54) is 12.1 Å². The molecule has 2 heterocycles. The summed E-state index contributed by atoms with van der Waals surface area (Å²) in [6, 6.07) is 2.49. The summed E-state index contributed by atoms with van der Waals surface area (Å²) >= 11 is 0. The normalized spacial score (nSPS) is 19.3. The van der Waals surface area contributed by atoms with Crippen LogP contribution in [0.5, 0.6) is 0 Å². The minimum atomic E-state index is -1.45. The Morgan fingerprint density at radius 1 is 1.44 bits per heavy atom. The van der Waals surface area contributed by atoms with Crippen molar-refractivity contribution < 1.29 is 18.7 Å². The minimum absolute atomic E-state index is 0.145. The van der Waals surface area contributed by atoms with Gasteiger partial charge in [0, 0.05) is 18.7 Å². The van der Waals surface area contributed by atoms with Gasteiger partial charge in [-0.2, -0.15) is 0 Å². The highest BCUT2D eigenvalue weighted by molar-refractivity contribution is 7.85. The average molecular weight is 369 g/mol. The van der Waals surface area contributed by atoms with E-state index in [1.54, 1.807) is 4.90 Å². The summed E-state index contributed by atoms with van der Waals surface area (Å²) in [4.78, 5) is 28.0. The minimum Gasteiger partial charge on any atom is -0.444 e. The number of pyridine rings is 1. The fourth-order valence-corrected chi connectivity index (χ4v) is 3.87. The Bertz CT molecular complexity index is 657. The third-order valence-electron chi connectivity index (χ3n) is 3.76. The van der Waals surface area contributed by atoms with E-state index in [0.717, 1.165) is 25.5 Å². The lowest BCUT2D eigenvalue weighted by Crippen LogP contribution is -2.48. The molecule has 0 aliphatic carbocycles. The molecular formula is C16H23N3O5S. The number of piperidine rings is 1. The Kier molecular flexibility index (Phi) is 6.10. The summed E-state index contributed by atoms with van der Waals surface area (Å²) in [6.45, 7) is 6.00. The quantitative estimate of drug-likeness (QED) is 0.597. The van der Waals surface area contributed by atoms with Crippen molar-refractivity contribution in [2.45, 2.75) is 56.7 Å². The molecule has 0 unspecified atom stereocenters. The van der Waals surface area contributed by atoms with E-state index in [0.29, 0.717) is 6.54 Å². The van der Waals surface area contributed by atoms with Gasteiger partial charge in [-0.25, -0.2) is 9.78 Å². The van der Waals surface area contributed by atoms with Crippen molar-refractivity contribution in [2.24, 2.45) is 0 Å². The highest BCUT2D eigenvalue weighted by Crippen LogP contribution is 2.22. The van der Waals surface area contributed by atoms with Crippen molar-refractivity contribution >= 4 is 22.6 Å². The van der Waals surface area contributed by atoms with Crippen LogP contribution >= 0.6 is 0 Å². The molecular weight excluding hydrogens is 346 g/mol. The van der Waals surface area contributed by atoms with Crippen molar-refractivity contribution in [3.8, 4) is 0 Å². The molecule has 25 heavy (non-hydrogen) atoms. The summed E-state index contributed by atoms with van der Waals surface area (Å²) in [5, 5.41) is 10.9. The van der Waals surface area contributed by atoms with Crippen molar-refractivity contribution in [3.63, 3.8) is 0 Å². The van der Waals surface area contributed by atoms with Crippen molar-refractivity contribution in [2.75, 3.05) is 12.3 Å². The summed E-state index contributed by atoms with van der Waals surface area (Å²) in [5.41, 5.74) is -0.730. The maximum atomic E-state index is 12.5. The van der Waals surface area contributed by atoms with E-state index in [2.05, 4.69) is 4.98 Å². The molecule has 1 aromatic heterocycles. The second-order valence-electron chi connectivity index (χ2n) is 6.95. The molecule has 0 bridgehead atoms. The Morgan fingerprint density at radius 2 is 2.16 bits per heavy atom. The van der Waals surface area contributed by atoms with Crippen molar-refractivity contribution in [1.82, 2.24) is 9.88 Å². The third-order valence-corrected chi connectivity index (χ3v) is 5.16. The van der Waals surface area contributed by atoms with Gasteiger partial charge in [0.05, 0.1) is 21.5 Å². The van der Waals surface area contributed by atoms with Gasteiger partial charge < -0.3 is 9.64 Å². The van der Waals surface area contributed by atoms with Crippen molar-refractivity contribution in [1.29, 1.82) is 0 Å². The molecule has 1 aliphatic heterocycles. The molecule has 9 heteroatoms. The van der Waals surface area contributed by atoms with E-state index in [4.69, 9.17) is 4.74 Å². The number of hydrogen-bond acceptors (Lipinski definition) is 6. The lowest BCUT2D eigenvalue weighted by Gasteiger charge is -2.36. The molecule has 1 aromatic rings. The van der Waals surface area contributed by atoms with Crippen LogP contribution < -0.4 is 0 Å². The van der Waals surface area contributed by atoms with Gasteiger partial charge in [-0.1, -0.05) is 0 Å². The average Bonchev–Trinajstić information content (AvgIpc) is 2.53. The van der Waals surface area contributed by atoms with E-state index in [1.807, 2.05) is 20.8 Å². The largest absolute Gasteiger partial charge is 0.444 e. The number of likely N-dealkylation sites (tertiary alicyclic amines) is 1. The molecule has 8 nitrogen and oxygen atoms in total. The van der Waals surface area contributed by atoms with E-state index < -0.39 is 27.4 Å². The number of amides is 1. The Morgan fingerprint density at radius 3 is 2.72 bits per heavy atom. The Hall–Kier alpha value is -2.03. The molecule has 1 fully saturated rings. The molecule has 1 aliphatic rings. The number of carbonyl (C=O) groups excluding carboxylic acids is 1. The number of hydrogen-bond donors (Lipinski definition) is 0. The van der Waals surface area contributed by atoms with Gasteiger partial charge in [0.2, 0.25) is 0 Å². The Labute approximate surface area is 149 Å². The number of nitrogens with zero attached hydrogens (tertiary/aromatic N) is 3. The lowest BCUT2D eigenvalue weighted by atomic mass is 10.0. The fourth-order valence-electron chi connectivity index (χ4n) is 2.61. The van der Waals surface area contributed by atoms with Crippen LogP contribution in [-0.4, -0.2) is 49.0 Å². The molecule has 138 valence electrons. The van der Waals surface area contributed by atoms with Crippen LogP contribution in [0.25, 0.3) is 0 Å². The highest BCUT2D eigenvalue weighted by Gasteiger charge is 2.32. The zero-order chi connectivity index (χ0) is 18.6. The Balaban J connectivity index is 2.06. The summed E-state index contributed by atoms with van der Waals surface area (Å²) in [7, 11) is -1.45. The highest BCUT2D eigenvalue weighted by atomic mass is 32.2. The monoisotopic (exact) mass is 369 g/mol. The molecule has 1 amide bonds. The summed E-state index contributed by atoms with van der Waals surface area (Å²) < 4.78 is 18.0. The SMILES string of the molecule is CC(C)(C)OC(=O)N1CCCC[C@H]1C[S@@](=O)c1ccc([N+](=O)[O-])cn1. The number of ether oxygens (including phenoxy) is 1. The van der Waals surface area contributed by atoms with Crippen LogP contribution in [0.15, 0.2) is 23.4 Å². The van der Waals surface area contributed by atoms with Crippen LogP contribution in [0.4, 0.5) is 10.5 Å². The van der Waals surface area contributed by atoms with Gasteiger partial charge in [0.15, 0.2) is 0 Å². The van der Waals surface area contributed by atoms with E-state index in [9.17, 15) is 19.1 Å². The summed E-state index contributed by atoms with van der Waals surface area (Å²) in [6.07, 6.45) is 3.29. The molecule has 2 atom stereocenters. The first-order chi connectivity index (χ1) is 11.7. The fraction of sp³-hybridized carbons (Fsp3) is 0.625. The molecule has 0 N–H and O–H groups in total. The van der Waals surface area contributed by atoms with Crippen LogP contribution in [0.1, 0.15) is 40.0 Å². The topological polar surface area (TPSA) is 103 Å². The standard InChI is InChI=1S/C16H23N3O5S/c1-16(2,3)24-15(20)18-9-5-4-6-13(18)11-25(23)14-8-7-12(10-17-14)19(21)22/h7-8,10,13H,4-6,9,11H2,1-3H3/t13-,25+/m0/s1. The maximum absolute atomic E-state index is 12.5. The van der Waals surface area contributed by atoms with Gasteiger partial charge in [-0.15, -0.1) is 0 Å². The van der Waals surface area contributed by atoms with Crippen LogP contribution in [0.3, 0.4) is 0 Å². The first-order valence-electron chi connectivity index (χ1n) is 8.16.